The summed E-state index contributed by atoms with van der Waals surface area (Å²) < 4.78 is 23.9. The highest BCUT2D eigenvalue weighted by Crippen LogP contribution is 2.37. The lowest BCUT2D eigenvalue weighted by Crippen LogP contribution is -2.41. The third-order valence-corrected chi connectivity index (χ3v) is 7.95. The predicted octanol–water partition coefficient (Wildman–Crippen LogP) is 3.72. The first kappa shape index (κ1) is 34.6. The molecule has 40 heavy (non-hydrogen) atoms. The number of rotatable bonds is 7. The lowest BCUT2D eigenvalue weighted by molar-refractivity contribution is 0.00578. The third kappa shape index (κ3) is 9.21. The molecule has 0 amide bonds. The number of alkyl halides is 1. The van der Waals surface area contributed by atoms with Crippen LogP contribution in [0, 0.1) is 0 Å². The molecule has 2 aliphatic heterocycles. The lowest BCUT2D eigenvalue weighted by Gasteiger charge is -2.32. The van der Waals surface area contributed by atoms with Gasteiger partial charge in [0.05, 0.1) is 29.0 Å². The van der Waals surface area contributed by atoms with Gasteiger partial charge in [-0.2, -0.15) is 0 Å². The molecule has 2 heterocycles. The molecule has 4 rings (SSSR count). The average molecular weight is 621 g/mol. The molecular weight excluding hydrogens is 574 g/mol. The van der Waals surface area contributed by atoms with Crippen molar-refractivity contribution < 1.29 is 28.8 Å². The summed E-state index contributed by atoms with van der Waals surface area (Å²) in [6.07, 6.45) is 0.737. The maximum atomic E-state index is 8.81. The second kappa shape index (κ2) is 14.5. The van der Waals surface area contributed by atoms with E-state index < -0.39 is 0 Å². The van der Waals surface area contributed by atoms with Gasteiger partial charge in [-0.25, -0.2) is 0 Å². The van der Waals surface area contributed by atoms with Gasteiger partial charge in [0.15, 0.2) is 0 Å². The van der Waals surface area contributed by atoms with E-state index >= 15 is 0 Å². The third-order valence-electron chi connectivity index (χ3n) is 7.60. The van der Waals surface area contributed by atoms with E-state index in [-0.39, 0.29) is 49.9 Å². The van der Waals surface area contributed by atoms with E-state index in [1.54, 1.807) is 0 Å². The number of halogens is 1. The van der Waals surface area contributed by atoms with Gasteiger partial charge >= 0.3 is 14.2 Å². The first-order chi connectivity index (χ1) is 18.6. The van der Waals surface area contributed by atoms with Crippen LogP contribution in [0.25, 0.3) is 0 Å². The molecule has 0 aromatic heterocycles. The standard InChI is InChI=1S/C15H24BNO3.C12H18BNO2.C2H5BrO/c1-14(2)15(3,4)20-16(19-14)12-7-5-8-13(11-12)17-9-6-10-18;1-11(2)12(3,4)16-13(15-11)9-6-5-7-10(14)8-9;3-1-2-4/h5,7-8,11,17-18H,6,9-10H2,1-4H3;5-8H,14H2,1-4H3;4H,1-2H2. The van der Waals surface area contributed by atoms with E-state index in [1.807, 2.05) is 76.2 Å². The summed E-state index contributed by atoms with van der Waals surface area (Å²) in [4.78, 5) is 0. The molecule has 0 bridgehead atoms. The van der Waals surface area contributed by atoms with Crippen LogP contribution in [-0.4, -0.2) is 71.9 Å². The van der Waals surface area contributed by atoms with Gasteiger partial charge in [0.1, 0.15) is 0 Å². The van der Waals surface area contributed by atoms with Crippen LogP contribution in [0.3, 0.4) is 0 Å². The number of hydrogen-bond donors (Lipinski definition) is 4. The molecule has 0 saturated carbocycles. The van der Waals surface area contributed by atoms with E-state index in [0.717, 1.165) is 35.3 Å². The molecule has 2 fully saturated rings. The largest absolute Gasteiger partial charge is 0.494 e. The SMILES string of the molecule is CC1(C)OB(c2cccc(N)c2)OC1(C)C.CC1(C)OB(c2cccc(NCCCO)c2)OC1(C)C.OCCBr. The van der Waals surface area contributed by atoms with Crippen molar-refractivity contribution in [1.82, 2.24) is 0 Å². The Balaban J connectivity index is 0.000000252. The Morgan fingerprint density at radius 3 is 1.55 bits per heavy atom. The van der Waals surface area contributed by atoms with E-state index in [4.69, 9.17) is 34.6 Å². The summed E-state index contributed by atoms with van der Waals surface area (Å²) in [6, 6.07) is 15.7. The zero-order chi connectivity index (χ0) is 30.2. The highest BCUT2D eigenvalue weighted by Gasteiger charge is 2.52. The first-order valence-electron chi connectivity index (χ1n) is 13.8. The van der Waals surface area contributed by atoms with Crippen LogP contribution >= 0.6 is 15.9 Å². The Kier molecular flexibility index (Phi) is 12.6. The van der Waals surface area contributed by atoms with Crippen molar-refractivity contribution in [3.8, 4) is 0 Å². The van der Waals surface area contributed by atoms with Crippen molar-refractivity contribution in [1.29, 1.82) is 0 Å². The fraction of sp³-hybridized carbons (Fsp3) is 0.586. The van der Waals surface area contributed by atoms with Gasteiger partial charge in [0, 0.05) is 29.9 Å². The first-order valence-corrected chi connectivity index (χ1v) is 14.9. The number of nitrogen functional groups attached to an aromatic ring is 1. The monoisotopic (exact) mass is 620 g/mol. The number of aliphatic hydroxyl groups is 2. The molecule has 8 nitrogen and oxygen atoms in total. The molecule has 2 saturated heterocycles. The topological polar surface area (TPSA) is 115 Å². The highest BCUT2D eigenvalue weighted by molar-refractivity contribution is 9.09. The molecule has 2 aromatic carbocycles. The van der Waals surface area contributed by atoms with Gasteiger partial charge in [0.25, 0.3) is 0 Å². The minimum Gasteiger partial charge on any atom is -0.399 e. The van der Waals surface area contributed by atoms with Gasteiger partial charge < -0.3 is 39.9 Å². The molecule has 0 atom stereocenters. The number of anilines is 2. The highest BCUT2D eigenvalue weighted by atomic mass is 79.9. The molecule has 11 heteroatoms. The average Bonchev–Trinajstić information content (AvgIpc) is 3.24. The maximum absolute atomic E-state index is 8.81. The summed E-state index contributed by atoms with van der Waals surface area (Å²) >= 11 is 3.00. The van der Waals surface area contributed by atoms with Crippen LogP contribution in [0.4, 0.5) is 11.4 Å². The molecule has 0 unspecified atom stereocenters. The summed E-state index contributed by atoms with van der Waals surface area (Å²) in [7, 11) is -0.659. The summed E-state index contributed by atoms with van der Waals surface area (Å²) in [5, 5.41) is 20.6. The number of aliphatic hydroxyl groups excluding tert-OH is 2. The second-order valence-corrected chi connectivity index (χ2v) is 12.7. The normalized spacial score (nSPS) is 19.8. The molecular formula is C29H47B2BrN2O6. The van der Waals surface area contributed by atoms with Crippen molar-refractivity contribution in [3.63, 3.8) is 0 Å². The Morgan fingerprint density at radius 2 is 1.15 bits per heavy atom. The Labute approximate surface area is 249 Å². The van der Waals surface area contributed by atoms with Crippen molar-refractivity contribution in [3.05, 3.63) is 48.5 Å². The molecule has 0 aliphatic carbocycles. The van der Waals surface area contributed by atoms with Gasteiger partial charge in [-0.15, -0.1) is 0 Å². The minimum atomic E-state index is -0.334. The minimum absolute atomic E-state index is 0.198. The number of benzene rings is 2. The van der Waals surface area contributed by atoms with Crippen molar-refractivity contribution in [2.75, 3.05) is 36.1 Å². The molecule has 2 aromatic rings. The van der Waals surface area contributed by atoms with Crippen molar-refractivity contribution in [2.24, 2.45) is 0 Å². The molecule has 5 N–H and O–H groups in total. The quantitative estimate of drug-likeness (QED) is 0.160. The fourth-order valence-corrected chi connectivity index (χ4v) is 3.77. The molecule has 2 aliphatic rings. The fourth-order valence-electron chi connectivity index (χ4n) is 3.77. The van der Waals surface area contributed by atoms with Crippen LogP contribution in [0.5, 0.6) is 0 Å². The molecule has 0 radical (unpaired) electrons. The summed E-state index contributed by atoms with van der Waals surface area (Å²) in [6.45, 7) is 17.6. The van der Waals surface area contributed by atoms with Crippen molar-refractivity contribution in [2.45, 2.75) is 84.2 Å². The van der Waals surface area contributed by atoms with Crippen LogP contribution < -0.4 is 22.0 Å². The van der Waals surface area contributed by atoms with Gasteiger partial charge in [-0.05, 0) is 97.0 Å². The maximum Gasteiger partial charge on any atom is 0.494 e. The van der Waals surface area contributed by atoms with Gasteiger partial charge in [-0.3, -0.25) is 0 Å². The van der Waals surface area contributed by atoms with Gasteiger partial charge in [-0.1, -0.05) is 40.2 Å². The Morgan fingerprint density at radius 1 is 0.725 bits per heavy atom. The number of nitrogens with two attached hydrogens (primary N) is 1. The van der Waals surface area contributed by atoms with Crippen LogP contribution in [0.2, 0.25) is 0 Å². The Bertz CT molecular complexity index is 1040. The van der Waals surface area contributed by atoms with E-state index in [2.05, 4.69) is 48.9 Å². The zero-order valence-electron chi connectivity index (χ0n) is 25.3. The smallest absolute Gasteiger partial charge is 0.399 e. The van der Waals surface area contributed by atoms with Crippen LogP contribution in [-0.2, 0) is 18.6 Å². The summed E-state index contributed by atoms with van der Waals surface area (Å²) in [5.74, 6) is 0. The predicted molar refractivity (Wildman–Crippen MR) is 170 cm³/mol. The van der Waals surface area contributed by atoms with Crippen molar-refractivity contribution >= 4 is 52.5 Å². The summed E-state index contributed by atoms with van der Waals surface area (Å²) in [5.41, 5.74) is 8.23. The second-order valence-electron chi connectivity index (χ2n) is 11.9. The number of hydrogen-bond acceptors (Lipinski definition) is 8. The van der Waals surface area contributed by atoms with Crippen LogP contribution in [0.15, 0.2) is 48.5 Å². The van der Waals surface area contributed by atoms with E-state index in [0.29, 0.717) is 5.33 Å². The lowest BCUT2D eigenvalue weighted by atomic mass is 9.79. The molecule has 222 valence electrons. The van der Waals surface area contributed by atoms with Gasteiger partial charge in [0.2, 0.25) is 0 Å². The number of nitrogens with one attached hydrogen (secondary N) is 1. The Hall–Kier alpha value is -1.59. The molecule has 0 spiro atoms. The zero-order valence-corrected chi connectivity index (χ0v) is 26.9. The van der Waals surface area contributed by atoms with E-state index in [9.17, 15) is 0 Å². The van der Waals surface area contributed by atoms with Crippen LogP contribution in [0.1, 0.15) is 61.8 Å². The van der Waals surface area contributed by atoms with E-state index in [1.165, 1.54) is 0 Å².